The number of hydrogen-bond donors (Lipinski definition) is 0. The molecular formula is C8H7FO2. The molecule has 0 spiro atoms. The van der Waals surface area contributed by atoms with Gasteiger partial charge >= 0.3 is 0 Å². The van der Waals surface area contributed by atoms with Crippen LogP contribution in [-0.2, 0) is 0 Å². The minimum atomic E-state index is -2.69. The van der Waals surface area contributed by atoms with Crippen LogP contribution in [-0.4, -0.2) is 13.3 Å². The monoisotopic (exact) mass is 157 g/mol. The summed E-state index contributed by atoms with van der Waals surface area (Å²) < 4.78 is 37.5. The lowest BCUT2D eigenvalue weighted by molar-refractivity contribution is 0.112. The molecule has 1 aromatic rings. The number of rotatable bonds is 2. The fourth-order valence-electron chi connectivity index (χ4n) is 0.694. The molecule has 0 saturated heterocycles. The lowest BCUT2D eigenvalue weighted by Crippen LogP contribution is -1.90. The zero-order chi connectivity index (χ0) is 10.8. The molecule has 2 nitrogen and oxygen atoms in total. The van der Waals surface area contributed by atoms with E-state index < -0.39 is 12.9 Å². The van der Waals surface area contributed by atoms with Crippen LogP contribution in [0.25, 0.3) is 0 Å². The molecule has 0 saturated carbocycles. The molecule has 0 heterocycles. The largest absolute Gasteiger partial charge is 0.496 e. The van der Waals surface area contributed by atoms with E-state index in [1.807, 2.05) is 0 Å². The quantitative estimate of drug-likeness (QED) is 0.610. The number of halogens is 1. The van der Waals surface area contributed by atoms with Crippen molar-refractivity contribution in [1.29, 1.82) is 0 Å². The third-order valence-electron chi connectivity index (χ3n) is 1.21. The Morgan fingerprint density at radius 1 is 1.73 bits per heavy atom. The van der Waals surface area contributed by atoms with Crippen LogP contribution < -0.4 is 4.74 Å². The minimum Gasteiger partial charge on any atom is -0.496 e. The zero-order valence-electron chi connectivity index (χ0n) is 8.50. The Balaban J connectivity index is 3.05. The Kier molecular flexibility index (Phi) is 1.28. The standard InChI is InChI=1S/C8H7FO2/c1-11-8-4-7(9)3-2-6(8)5-10/h2-5H,1H3/i1D3. The number of aldehydes is 1. The van der Waals surface area contributed by atoms with Gasteiger partial charge in [0.2, 0.25) is 0 Å². The van der Waals surface area contributed by atoms with Gasteiger partial charge in [-0.2, -0.15) is 0 Å². The van der Waals surface area contributed by atoms with Crippen LogP contribution >= 0.6 is 0 Å². The number of carbonyl (C=O) groups excluding carboxylic acids is 1. The van der Waals surface area contributed by atoms with Crippen molar-refractivity contribution in [2.24, 2.45) is 0 Å². The Morgan fingerprint density at radius 2 is 2.55 bits per heavy atom. The summed E-state index contributed by atoms with van der Waals surface area (Å²) in [6, 6.07) is 3.07. The molecule has 0 aliphatic rings. The third-order valence-corrected chi connectivity index (χ3v) is 1.21. The fraction of sp³-hybridized carbons (Fsp3) is 0.125. The summed E-state index contributed by atoms with van der Waals surface area (Å²) in [6.45, 7) is 0. The van der Waals surface area contributed by atoms with Crippen molar-refractivity contribution in [2.45, 2.75) is 0 Å². The molecule has 58 valence electrons. The molecule has 0 fully saturated rings. The second-order valence-electron chi connectivity index (χ2n) is 1.90. The van der Waals surface area contributed by atoms with Crippen molar-refractivity contribution in [3.63, 3.8) is 0 Å². The highest BCUT2D eigenvalue weighted by Gasteiger charge is 2.01. The van der Waals surface area contributed by atoms with Crippen LogP contribution in [0.4, 0.5) is 4.39 Å². The maximum absolute atomic E-state index is 12.7. The highest BCUT2D eigenvalue weighted by Crippen LogP contribution is 2.16. The van der Waals surface area contributed by atoms with E-state index in [-0.39, 0.29) is 11.3 Å². The molecule has 0 unspecified atom stereocenters. The number of ether oxygens (including phenoxy) is 1. The van der Waals surface area contributed by atoms with Crippen molar-refractivity contribution in [3.8, 4) is 5.75 Å². The SMILES string of the molecule is [2H]C([2H])([2H])Oc1cc(F)ccc1C=O. The van der Waals surface area contributed by atoms with Gasteiger partial charge in [-0.25, -0.2) is 4.39 Å². The summed E-state index contributed by atoms with van der Waals surface area (Å²) >= 11 is 0. The lowest BCUT2D eigenvalue weighted by atomic mass is 10.2. The Hall–Kier alpha value is -1.38. The van der Waals surface area contributed by atoms with E-state index in [0.29, 0.717) is 6.29 Å². The van der Waals surface area contributed by atoms with Gasteiger partial charge < -0.3 is 4.74 Å². The third kappa shape index (κ3) is 1.55. The van der Waals surface area contributed by atoms with E-state index >= 15 is 0 Å². The molecule has 0 aromatic heterocycles. The summed E-state index contributed by atoms with van der Waals surface area (Å²) in [6.07, 6.45) is 0.403. The Labute approximate surface area is 67.8 Å². The first kappa shape index (κ1) is 4.49. The normalized spacial score (nSPS) is 14.5. The predicted molar refractivity (Wildman–Crippen MR) is 38.3 cm³/mol. The van der Waals surface area contributed by atoms with Crippen LogP contribution in [0.2, 0.25) is 0 Å². The first-order chi connectivity index (χ1) is 6.42. The summed E-state index contributed by atoms with van der Waals surface area (Å²) in [5.41, 5.74) is 0.00234. The van der Waals surface area contributed by atoms with Crippen molar-refractivity contribution in [3.05, 3.63) is 29.6 Å². The summed E-state index contributed by atoms with van der Waals surface area (Å²) in [4.78, 5) is 10.4. The van der Waals surface area contributed by atoms with Crippen LogP contribution in [0.3, 0.4) is 0 Å². The molecule has 0 aliphatic heterocycles. The highest BCUT2D eigenvalue weighted by molar-refractivity contribution is 5.79. The van der Waals surface area contributed by atoms with E-state index in [2.05, 4.69) is 4.74 Å². The lowest BCUT2D eigenvalue weighted by Gasteiger charge is -2.01. The van der Waals surface area contributed by atoms with Crippen molar-refractivity contribution in [2.75, 3.05) is 7.04 Å². The van der Waals surface area contributed by atoms with E-state index in [1.165, 1.54) is 0 Å². The van der Waals surface area contributed by atoms with Gasteiger partial charge in [0.25, 0.3) is 0 Å². The number of methoxy groups -OCH3 is 1. The highest BCUT2D eigenvalue weighted by atomic mass is 19.1. The van der Waals surface area contributed by atoms with E-state index in [4.69, 9.17) is 4.11 Å². The Bertz CT molecular complexity index is 349. The molecule has 0 atom stereocenters. The van der Waals surface area contributed by atoms with Crippen LogP contribution in [0.15, 0.2) is 18.2 Å². The van der Waals surface area contributed by atoms with Crippen LogP contribution in [0.1, 0.15) is 14.5 Å². The summed E-state index contributed by atoms with van der Waals surface area (Å²) in [5, 5.41) is 0. The van der Waals surface area contributed by atoms with Gasteiger partial charge in [-0.3, -0.25) is 4.79 Å². The van der Waals surface area contributed by atoms with Gasteiger partial charge in [0.1, 0.15) is 11.6 Å². The minimum absolute atomic E-state index is 0.00234. The van der Waals surface area contributed by atoms with E-state index in [1.54, 1.807) is 0 Å². The van der Waals surface area contributed by atoms with Gasteiger partial charge in [-0.1, -0.05) is 0 Å². The first-order valence-electron chi connectivity index (χ1n) is 4.36. The molecule has 1 aromatic carbocycles. The second-order valence-corrected chi connectivity index (χ2v) is 1.90. The predicted octanol–water partition coefficient (Wildman–Crippen LogP) is 1.65. The molecule has 0 N–H and O–H groups in total. The number of carbonyl (C=O) groups is 1. The summed E-state index contributed by atoms with van der Waals surface area (Å²) in [5.74, 6) is -0.935. The molecule has 0 bridgehead atoms. The average Bonchev–Trinajstić information content (AvgIpc) is 2.01. The van der Waals surface area contributed by atoms with Crippen LogP contribution in [0, 0.1) is 5.82 Å². The van der Waals surface area contributed by atoms with Crippen molar-refractivity contribution in [1.82, 2.24) is 0 Å². The van der Waals surface area contributed by atoms with Gasteiger partial charge in [-0.05, 0) is 12.1 Å². The molecule has 0 aliphatic carbocycles. The van der Waals surface area contributed by atoms with Crippen molar-refractivity contribution >= 4 is 6.29 Å². The van der Waals surface area contributed by atoms with Gasteiger partial charge in [0.05, 0.1) is 16.7 Å². The topological polar surface area (TPSA) is 26.3 Å². The maximum atomic E-state index is 12.7. The van der Waals surface area contributed by atoms with E-state index in [0.717, 1.165) is 18.2 Å². The fourth-order valence-corrected chi connectivity index (χ4v) is 0.694. The first-order valence-corrected chi connectivity index (χ1v) is 2.86. The molecule has 0 amide bonds. The molecular weight excluding hydrogens is 147 g/mol. The molecule has 1 rings (SSSR count). The Morgan fingerprint density at radius 3 is 3.18 bits per heavy atom. The smallest absolute Gasteiger partial charge is 0.153 e. The zero-order valence-corrected chi connectivity index (χ0v) is 5.50. The maximum Gasteiger partial charge on any atom is 0.153 e. The van der Waals surface area contributed by atoms with Gasteiger partial charge in [-0.15, -0.1) is 0 Å². The molecule has 3 heteroatoms. The van der Waals surface area contributed by atoms with Crippen LogP contribution in [0.5, 0.6) is 5.75 Å². The molecule has 11 heavy (non-hydrogen) atoms. The second kappa shape index (κ2) is 3.14. The number of hydrogen-bond acceptors (Lipinski definition) is 2. The van der Waals surface area contributed by atoms with Gasteiger partial charge in [0.15, 0.2) is 6.29 Å². The van der Waals surface area contributed by atoms with Gasteiger partial charge in [0, 0.05) is 6.07 Å². The average molecular weight is 157 g/mol. The molecule has 0 radical (unpaired) electrons. The number of benzene rings is 1. The van der Waals surface area contributed by atoms with E-state index in [9.17, 15) is 9.18 Å². The summed E-state index contributed by atoms with van der Waals surface area (Å²) in [7, 11) is -2.69. The van der Waals surface area contributed by atoms with Crippen molar-refractivity contribution < 1.29 is 18.0 Å².